The number of carbonyl (C=O) groups excluding carboxylic acids is 1. The number of fused-ring (bicyclic) bond motifs is 1. The quantitative estimate of drug-likeness (QED) is 0.762. The molecular weight excluding hydrogens is 314 g/mol. The average Bonchev–Trinajstić information content (AvgIpc) is 2.92. The highest BCUT2D eigenvalue weighted by molar-refractivity contribution is 6.30. The molecule has 2 aromatic carbocycles. The number of amides is 1. The first-order valence-electron chi connectivity index (χ1n) is 7.17. The first-order valence-corrected chi connectivity index (χ1v) is 7.55. The molecule has 1 aromatic heterocycles. The molecule has 0 atom stereocenters. The summed E-state index contributed by atoms with van der Waals surface area (Å²) in [5, 5.41) is 4.46. The summed E-state index contributed by atoms with van der Waals surface area (Å²) in [5.41, 5.74) is 3.23. The summed E-state index contributed by atoms with van der Waals surface area (Å²) in [4.78, 5) is 12.3. The fraction of sp³-hybridized carbons (Fsp3) is 0.167. The molecule has 0 radical (unpaired) electrons. The van der Waals surface area contributed by atoms with Crippen molar-refractivity contribution in [2.45, 2.75) is 13.3 Å². The zero-order chi connectivity index (χ0) is 16.4. The van der Waals surface area contributed by atoms with Crippen LogP contribution in [0, 0.1) is 6.92 Å². The minimum atomic E-state index is -0.103. The number of hydrogen-bond acceptors (Lipinski definition) is 3. The number of halogens is 1. The lowest BCUT2D eigenvalue weighted by molar-refractivity contribution is -0.115. The van der Waals surface area contributed by atoms with Gasteiger partial charge in [0.2, 0.25) is 5.91 Å². The lowest BCUT2D eigenvalue weighted by Gasteiger charge is -2.08. The first kappa shape index (κ1) is 15.4. The average molecular weight is 330 g/mol. The molecule has 3 rings (SSSR count). The number of methoxy groups -OCH3 is 1. The van der Waals surface area contributed by atoms with E-state index in [4.69, 9.17) is 20.8 Å². The van der Waals surface area contributed by atoms with E-state index in [0.29, 0.717) is 10.6 Å². The second kappa shape index (κ2) is 6.34. The monoisotopic (exact) mass is 329 g/mol. The molecule has 5 heteroatoms. The molecule has 0 aliphatic rings. The van der Waals surface area contributed by atoms with Crippen LogP contribution in [0.3, 0.4) is 0 Å². The van der Waals surface area contributed by atoms with Gasteiger partial charge in [0.1, 0.15) is 11.3 Å². The number of nitrogens with one attached hydrogen (secondary N) is 1. The van der Waals surface area contributed by atoms with Gasteiger partial charge in [-0.05, 0) is 42.8 Å². The van der Waals surface area contributed by atoms with Gasteiger partial charge in [-0.15, -0.1) is 0 Å². The smallest absolute Gasteiger partial charge is 0.228 e. The van der Waals surface area contributed by atoms with Crippen LogP contribution < -0.4 is 10.1 Å². The van der Waals surface area contributed by atoms with E-state index in [0.717, 1.165) is 28.0 Å². The molecule has 0 saturated heterocycles. The van der Waals surface area contributed by atoms with Gasteiger partial charge >= 0.3 is 0 Å². The third kappa shape index (κ3) is 3.32. The van der Waals surface area contributed by atoms with Crippen LogP contribution in [0.4, 0.5) is 5.69 Å². The molecule has 1 N–H and O–H groups in total. The normalized spacial score (nSPS) is 10.7. The Balaban J connectivity index is 1.77. The summed E-state index contributed by atoms with van der Waals surface area (Å²) in [6.45, 7) is 1.90. The molecular formula is C18H16ClNO3. The maximum absolute atomic E-state index is 12.3. The molecule has 1 amide bonds. The molecule has 0 unspecified atom stereocenters. The molecule has 0 bridgehead atoms. The van der Waals surface area contributed by atoms with Crippen LogP contribution >= 0.6 is 11.6 Å². The van der Waals surface area contributed by atoms with E-state index in [-0.39, 0.29) is 12.3 Å². The summed E-state index contributed by atoms with van der Waals surface area (Å²) in [6, 6.07) is 10.9. The Hall–Kier alpha value is -2.46. The van der Waals surface area contributed by atoms with Crippen LogP contribution in [0.25, 0.3) is 11.0 Å². The minimum absolute atomic E-state index is 0.103. The van der Waals surface area contributed by atoms with Gasteiger partial charge in [-0.1, -0.05) is 11.6 Å². The molecule has 118 valence electrons. The molecule has 3 aromatic rings. The van der Waals surface area contributed by atoms with Gasteiger partial charge in [0.15, 0.2) is 0 Å². The van der Waals surface area contributed by atoms with Gasteiger partial charge in [-0.3, -0.25) is 4.79 Å². The maximum atomic E-state index is 12.3. The van der Waals surface area contributed by atoms with E-state index in [9.17, 15) is 4.79 Å². The predicted molar refractivity (Wildman–Crippen MR) is 91.3 cm³/mol. The lowest BCUT2D eigenvalue weighted by atomic mass is 10.1. The van der Waals surface area contributed by atoms with Gasteiger partial charge < -0.3 is 14.5 Å². The van der Waals surface area contributed by atoms with E-state index < -0.39 is 0 Å². The Bertz CT molecular complexity index is 870. The molecule has 1 heterocycles. The Kier molecular flexibility index (Phi) is 4.26. The highest BCUT2D eigenvalue weighted by Gasteiger charge is 2.12. The van der Waals surface area contributed by atoms with Gasteiger partial charge in [0.05, 0.1) is 19.8 Å². The third-order valence-corrected chi connectivity index (χ3v) is 3.91. The van der Waals surface area contributed by atoms with Crippen molar-refractivity contribution in [1.82, 2.24) is 0 Å². The number of anilines is 1. The first-order chi connectivity index (χ1) is 11.1. The largest absolute Gasteiger partial charge is 0.497 e. The summed E-state index contributed by atoms with van der Waals surface area (Å²) in [5.74, 6) is 0.619. The molecule has 0 aliphatic carbocycles. The van der Waals surface area contributed by atoms with Crippen molar-refractivity contribution in [3.05, 3.63) is 58.8 Å². The summed E-state index contributed by atoms with van der Waals surface area (Å²) < 4.78 is 10.7. The Labute approximate surface area is 139 Å². The second-order valence-corrected chi connectivity index (χ2v) is 5.74. The predicted octanol–water partition coefficient (Wildman–Crippen LogP) is 4.58. The highest BCUT2D eigenvalue weighted by atomic mass is 35.5. The Morgan fingerprint density at radius 2 is 2.09 bits per heavy atom. The number of rotatable bonds is 4. The van der Waals surface area contributed by atoms with E-state index in [1.165, 1.54) is 0 Å². The summed E-state index contributed by atoms with van der Waals surface area (Å²) in [6.07, 6.45) is 1.85. The highest BCUT2D eigenvalue weighted by Crippen LogP contribution is 2.26. The fourth-order valence-electron chi connectivity index (χ4n) is 2.46. The van der Waals surface area contributed by atoms with Crippen molar-refractivity contribution in [3.63, 3.8) is 0 Å². The van der Waals surface area contributed by atoms with Crippen molar-refractivity contribution >= 4 is 34.2 Å². The van der Waals surface area contributed by atoms with E-state index in [1.54, 1.807) is 31.6 Å². The number of benzene rings is 2. The number of furan rings is 1. The van der Waals surface area contributed by atoms with Crippen molar-refractivity contribution in [2.24, 2.45) is 0 Å². The van der Waals surface area contributed by atoms with Crippen LogP contribution in [0.1, 0.15) is 11.1 Å². The topological polar surface area (TPSA) is 51.5 Å². The number of carbonyl (C=O) groups is 1. The molecule has 0 aliphatic heterocycles. The molecule has 0 saturated carbocycles. The SMILES string of the molecule is COc1ccc2c(CC(=O)Nc3ccc(Cl)cc3C)coc2c1. The van der Waals surface area contributed by atoms with Crippen LogP contribution in [-0.2, 0) is 11.2 Å². The van der Waals surface area contributed by atoms with Crippen molar-refractivity contribution in [2.75, 3.05) is 12.4 Å². The van der Waals surface area contributed by atoms with E-state index in [2.05, 4.69) is 5.32 Å². The van der Waals surface area contributed by atoms with Crippen LogP contribution in [0.2, 0.25) is 5.02 Å². The van der Waals surface area contributed by atoms with Crippen LogP contribution in [0.15, 0.2) is 47.1 Å². The number of ether oxygens (including phenoxy) is 1. The van der Waals surface area contributed by atoms with Crippen molar-refractivity contribution in [1.29, 1.82) is 0 Å². The third-order valence-electron chi connectivity index (χ3n) is 3.68. The number of hydrogen-bond donors (Lipinski definition) is 1. The lowest BCUT2D eigenvalue weighted by Crippen LogP contribution is -2.14. The molecule has 0 fully saturated rings. The molecule has 0 spiro atoms. The summed E-state index contributed by atoms with van der Waals surface area (Å²) in [7, 11) is 1.60. The van der Waals surface area contributed by atoms with Gasteiger partial charge in [0, 0.05) is 27.7 Å². The van der Waals surface area contributed by atoms with Gasteiger partial charge in [0.25, 0.3) is 0 Å². The van der Waals surface area contributed by atoms with E-state index in [1.807, 2.05) is 25.1 Å². The van der Waals surface area contributed by atoms with Crippen LogP contribution in [-0.4, -0.2) is 13.0 Å². The number of aryl methyl sites for hydroxylation is 1. The maximum Gasteiger partial charge on any atom is 0.228 e. The van der Waals surface area contributed by atoms with Crippen LogP contribution in [0.5, 0.6) is 5.75 Å². The standard InChI is InChI=1S/C18H16ClNO3/c1-11-7-13(19)3-6-16(11)20-18(21)8-12-10-23-17-9-14(22-2)4-5-15(12)17/h3-7,9-10H,8H2,1-2H3,(H,20,21). The summed E-state index contributed by atoms with van der Waals surface area (Å²) >= 11 is 5.92. The molecule has 23 heavy (non-hydrogen) atoms. The Morgan fingerprint density at radius 3 is 2.83 bits per heavy atom. The van der Waals surface area contributed by atoms with Crippen molar-refractivity contribution in [3.8, 4) is 5.75 Å². The zero-order valence-corrected chi connectivity index (χ0v) is 13.6. The Morgan fingerprint density at radius 1 is 1.26 bits per heavy atom. The van der Waals surface area contributed by atoms with Crippen molar-refractivity contribution < 1.29 is 13.9 Å². The van der Waals surface area contributed by atoms with Gasteiger partial charge in [-0.2, -0.15) is 0 Å². The van der Waals surface area contributed by atoms with E-state index >= 15 is 0 Å². The minimum Gasteiger partial charge on any atom is -0.497 e. The fourth-order valence-corrected chi connectivity index (χ4v) is 2.69. The zero-order valence-electron chi connectivity index (χ0n) is 12.9. The van der Waals surface area contributed by atoms with Gasteiger partial charge in [-0.25, -0.2) is 0 Å². The second-order valence-electron chi connectivity index (χ2n) is 5.31. The molecule has 4 nitrogen and oxygen atoms in total.